The van der Waals surface area contributed by atoms with Gasteiger partial charge in [0, 0.05) is 25.0 Å². The molecule has 1 fully saturated rings. The van der Waals surface area contributed by atoms with Crippen LogP contribution in [0.1, 0.15) is 24.5 Å². The molecule has 3 heterocycles. The van der Waals surface area contributed by atoms with Crippen molar-refractivity contribution >= 4 is 0 Å². The van der Waals surface area contributed by atoms with E-state index in [1.807, 2.05) is 41.7 Å². The Morgan fingerprint density at radius 3 is 2.90 bits per heavy atom. The molecule has 1 aliphatic rings. The summed E-state index contributed by atoms with van der Waals surface area (Å²) in [6.07, 6.45) is 6.38. The number of aromatic nitrogens is 5. The Balaban J connectivity index is 1.59. The first-order valence-corrected chi connectivity index (χ1v) is 7.32. The third kappa shape index (κ3) is 2.90. The lowest BCUT2D eigenvalue weighted by Gasteiger charge is -2.24. The number of nitrogens with zero attached hydrogens (tertiary/aromatic N) is 6. The average molecular weight is 274 g/mol. The van der Waals surface area contributed by atoms with Crippen molar-refractivity contribution in [3.05, 3.63) is 30.1 Å². The van der Waals surface area contributed by atoms with Crippen LogP contribution < -0.4 is 0 Å². The maximum Gasteiger partial charge on any atom is 0.147 e. The van der Waals surface area contributed by atoms with Gasteiger partial charge in [0.15, 0.2) is 0 Å². The minimum Gasteiger partial charge on any atom is -0.297 e. The second kappa shape index (κ2) is 5.75. The van der Waals surface area contributed by atoms with Crippen molar-refractivity contribution in [2.45, 2.75) is 45.8 Å². The normalized spacial score (nSPS) is 19.8. The Hall–Kier alpha value is -1.69. The fourth-order valence-electron chi connectivity index (χ4n) is 2.99. The maximum absolute atomic E-state index is 4.48. The van der Waals surface area contributed by atoms with Crippen LogP contribution in [0.5, 0.6) is 0 Å². The summed E-state index contributed by atoms with van der Waals surface area (Å²) in [6.45, 7) is 8.12. The SMILES string of the molecule is Cc1nc(C)n(C[C@@H]2CCCN2CCn2cccn2)n1. The second-order valence-corrected chi connectivity index (χ2v) is 5.49. The van der Waals surface area contributed by atoms with Crippen molar-refractivity contribution in [2.24, 2.45) is 0 Å². The molecule has 2 aromatic rings. The van der Waals surface area contributed by atoms with E-state index in [9.17, 15) is 0 Å². The summed E-state index contributed by atoms with van der Waals surface area (Å²) in [5.74, 6) is 1.88. The third-order valence-electron chi connectivity index (χ3n) is 4.02. The molecule has 0 saturated carbocycles. The zero-order valence-electron chi connectivity index (χ0n) is 12.2. The van der Waals surface area contributed by atoms with E-state index in [0.717, 1.165) is 31.3 Å². The molecule has 20 heavy (non-hydrogen) atoms. The van der Waals surface area contributed by atoms with Gasteiger partial charge in [0.2, 0.25) is 0 Å². The van der Waals surface area contributed by atoms with Crippen molar-refractivity contribution in [1.29, 1.82) is 0 Å². The summed E-state index contributed by atoms with van der Waals surface area (Å²) in [6, 6.07) is 2.55. The third-order valence-corrected chi connectivity index (χ3v) is 4.02. The minimum atomic E-state index is 0.574. The van der Waals surface area contributed by atoms with E-state index in [2.05, 4.69) is 20.1 Å². The van der Waals surface area contributed by atoms with Gasteiger partial charge < -0.3 is 0 Å². The molecule has 3 rings (SSSR count). The number of hydrogen-bond donors (Lipinski definition) is 0. The first-order valence-electron chi connectivity index (χ1n) is 7.32. The Morgan fingerprint density at radius 1 is 1.30 bits per heavy atom. The van der Waals surface area contributed by atoms with E-state index < -0.39 is 0 Å². The number of hydrogen-bond acceptors (Lipinski definition) is 4. The van der Waals surface area contributed by atoms with Crippen molar-refractivity contribution in [1.82, 2.24) is 29.4 Å². The van der Waals surface area contributed by atoms with Crippen LogP contribution in [0, 0.1) is 13.8 Å². The molecule has 0 aliphatic carbocycles. The summed E-state index contributed by atoms with van der Waals surface area (Å²) in [4.78, 5) is 6.94. The smallest absolute Gasteiger partial charge is 0.147 e. The van der Waals surface area contributed by atoms with Crippen molar-refractivity contribution in [2.75, 3.05) is 13.1 Å². The van der Waals surface area contributed by atoms with E-state index >= 15 is 0 Å². The van der Waals surface area contributed by atoms with Crippen LogP contribution in [0.4, 0.5) is 0 Å². The Labute approximate surface area is 119 Å². The molecule has 0 N–H and O–H groups in total. The number of aryl methyl sites for hydroxylation is 2. The average Bonchev–Trinajstić information content (AvgIpc) is 3.11. The topological polar surface area (TPSA) is 51.8 Å². The van der Waals surface area contributed by atoms with Crippen molar-refractivity contribution in [3.63, 3.8) is 0 Å². The zero-order valence-corrected chi connectivity index (χ0v) is 12.2. The molecule has 1 aliphatic heterocycles. The summed E-state index contributed by atoms with van der Waals surface area (Å²) in [5.41, 5.74) is 0. The van der Waals surface area contributed by atoms with Gasteiger partial charge in [-0.05, 0) is 39.3 Å². The monoisotopic (exact) mass is 274 g/mol. The Kier molecular flexibility index (Phi) is 3.82. The van der Waals surface area contributed by atoms with Gasteiger partial charge in [-0.2, -0.15) is 10.2 Å². The lowest BCUT2D eigenvalue weighted by atomic mass is 10.2. The van der Waals surface area contributed by atoms with Gasteiger partial charge in [-0.3, -0.25) is 9.58 Å². The van der Waals surface area contributed by atoms with Gasteiger partial charge in [0.25, 0.3) is 0 Å². The van der Waals surface area contributed by atoms with Crippen LogP contribution in [0.25, 0.3) is 0 Å². The number of rotatable bonds is 5. The van der Waals surface area contributed by atoms with E-state index in [4.69, 9.17) is 0 Å². The van der Waals surface area contributed by atoms with Gasteiger partial charge in [-0.25, -0.2) is 9.67 Å². The highest BCUT2D eigenvalue weighted by Crippen LogP contribution is 2.19. The lowest BCUT2D eigenvalue weighted by molar-refractivity contribution is 0.215. The highest BCUT2D eigenvalue weighted by Gasteiger charge is 2.25. The molecule has 6 heteroatoms. The zero-order chi connectivity index (χ0) is 13.9. The fraction of sp³-hybridized carbons (Fsp3) is 0.643. The molecule has 0 amide bonds. The summed E-state index contributed by atoms with van der Waals surface area (Å²) < 4.78 is 4.05. The van der Waals surface area contributed by atoms with Crippen molar-refractivity contribution in [3.8, 4) is 0 Å². The molecule has 0 bridgehead atoms. The van der Waals surface area contributed by atoms with Crippen LogP contribution >= 0.6 is 0 Å². The van der Waals surface area contributed by atoms with Gasteiger partial charge in [0.1, 0.15) is 11.6 Å². The van der Waals surface area contributed by atoms with E-state index in [-0.39, 0.29) is 0 Å². The largest absolute Gasteiger partial charge is 0.297 e. The molecule has 0 aromatic carbocycles. The predicted octanol–water partition coefficient (Wildman–Crippen LogP) is 1.26. The number of likely N-dealkylation sites (tertiary alicyclic amines) is 1. The highest BCUT2D eigenvalue weighted by molar-refractivity contribution is 4.90. The Morgan fingerprint density at radius 2 is 2.20 bits per heavy atom. The maximum atomic E-state index is 4.48. The van der Waals surface area contributed by atoms with Gasteiger partial charge in [-0.15, -0.1) is 0 Å². The van der Waals surface area contributed by atoms with Crippen LogP contribution in [0.3, 0.4) is 0 Å². The molecular weight excluding hydrogens is 252 g/mol. The first kappa shape index (κ1) is 13.3. The molecule has 0 spiro atoms. The van der Waals surface area contributed by atoms with Crippen LogP contribution in [-0.4, -0.2) is 48.6 Å². The molecule has 6 nitrogen and oxygen atoms in total. The van der Waals surface area contributed by atoms with Gasteiger partial charge >= 0.3 is 0 Å². The van der Waals surface area contributed by atoms with Crippen LogP contribution in [-0.2, 0) is 13.1 Å². The van der Waals surface area contributed by atoms with E-state index in [1.54, 1.807) is 0 Å². The Bertz CT molecular complexity index is 544. The molecule has 108 valence electrons. The molecular formula is C14H22N6. The van der Waals surface area contributed by atoms with Crippen LogP contribution in [0.2, 0.25) is 0 Å². The molecule has 0 unspecified atom stereocenters. The fourth-order valence-corrected chi connectivity index (χ4v) is 2.99. The highest BCUT2D eigenvalue weighted by atomic mass is 15.4. The lowest BCUT2D eigenvalue weighted by Crippen LogP contribution is -2.36. The predicted molar refractivity (Wildman–Crippen MR) is 76.3 cm³/mol. The summed E-state index contributed by atoms with van der Waals surface area (Å²) in [5, 5.41) is 8.75. The summed E-state index contributed by atoms with van der Waals surface area (Å²) >= 11 is 0. The quantitative estimate of drug-likeness (QED) is 0.823. The van der Waals surface area contributed by atoms with E-state index in [0.29, 0.717) is 6.04 Å². The van der Waals surface area contributed by atoms with E-state index in [1.165, 1.54) is 19.4 Å². The molecule has 0 radical (unpaired) electrons. The molecule has 2 aromatic heterocycles. The first-order chi connectivity index (χ1) is 9.72. The van der Waals surface area contributed by atoms with Crippen LogP contribution in [0.15, 0.2) is 18.5 Å². The molecule has 1 saturated heterocycles. The van der Waals surface area contributed by atoms with Gasteiger partial charge in [-0.1, -0.05) is 0 Å². The van der Waals surface area contributed by atoms with Gasteiger partial charge in [0.05, 0.1) is 13.1 Å². The van der Waals surface area contributed by atoms with Crippen molar-refractivity contribution < 1.29 is 0 Å². The summed E-state index contributed by atoms with van der Waals surface area (Å²) in [7, 11) is 0. The standard InChI is InChI=1S/C14H22N6/c1-12-16-13(2)20(17-12)11-14-5-3-7-18(14)9-10-19-8-4-6-15-19/h4,6,8,14H,3,5,7,9-11H2,1-2H3/t14-/m0/s1. The molecule has 1 atom stereocenters. The minimum absolute atomic E-state index is 0.574. The second-order valence-electron chi connectivity index (χ2n) is 5.49.